The molecule has 0 spiro atoms. The smallest absolute Gasteiger partial charge is 0.257 e. The maximum Gasteiger partial charge on any atom is 0.257 e. The Morgan fingerprint density at radius 2 is 2.15 bits per heavy atom. The number of rotatable bonds is 6. The molecule has 2 heterocycles. The van der Waals surface area contributed by atoms with Crippen molar-refractivity contribution in [2.45, 2.75) is 38.0 Å². The molecule has 0 radical (unpaired) electrons. The molecule has 3 rings (SSSR count). The highest BCUT2D eigenvalue weighted by Gasteiger charge is 2.44. The quantitative estimate of drug-likeness (QED) is 0.440. The molecule has 2 aliphatic heterocycles. The molecule has 0 bridgehead atoms. The van der Waals surface area contributed by atoms with Crippen LogP contribution in [0.2, 0.25) is 0 Å². The topological polar surface area (TPSA) is 95.9 Å². The Morgan fingerprint density at radius 3 is 2.88 bits per heavy atom. The summed E-state index contributed by atoms with van der Waals surface area (Å²) in [5.41, 5.74) is 1.81. The lowest BCUT2D eigenvalue weighted by Gasteiger charge is -2.31. The molecule has 7 heteroatoms. The third-order valence-electron chi connectivity index (χ3n) is 4.61. The summed E-state index contributed by atoms with van der Waals surface area (Å²) >= 11 is 0. The van der Waals surface area contributed by atoms with Gasteiger partial charge in [-0.05, 0) is 30.9 Å². The first kappa shape index (κ1) is 18.1. The fraction of sp³-hybridized carbons (Fsp3) is 0.421. The van der Waals surface area contributed by atoms with E-state index in [0.717, 1.165) is 16.9 Å². The summed E-state index contributed by atoms with van der Waals surface area (Å²) in [5, 5.41) is 12.7. The first-order chi connectivity index (χ1) is 12.5. The van der Waals surface area contributed by atoms with Crippen LogP contribution in [-0.4, -0.2) is 47.0 Å². The molecule has 1 aromatic rings. The third kappa shape index (κ3) is 3.47. The Bertz CT molecular complexity index is 783. The summed E-state index contributed by atoms with van der Waals surface area (Å²) in [6, 6.07) is 4.46. The first-order valence-electron chi connectivity index (χ1n) is 8.51. The van der Waals surface area contributed by atoms with Crippen LogP contribution in [0.3, 0.4) is 0 Å². The highest BCUT2D eigenvalue weighted by molar-refractivity contribution is 6.05. The van der Waals surface area contributed by atoms with Crippen LogP contribution in [0.1, 0.15) is 47.0 Å². The van der Waals surface area contributed by atoms with E-state index in [0.29, 0.717) is 24.2 Å². The molecule has 2 atom stereocenters. The second-order valence-corrected chi connectivity index (χ2v) is 6.33. The lowest BCUT2D eigenvalue weighted by molar-refractivity contribution is -0.139. The molecule has 2 N–H and O–H groups in total. The normalized spacial score (nSPS) is 22.2. The van der Waals surface area contributed by atoms with Crippen LogP contribution in [0.5, 0.6) is 0 Å². The number of benzene rings is 1. The molecule has 1 saturated heterocycles. The van der Waals surface area contributed by atoms with Crippen LogP contribution in [0.15, 0.2) is 18.2 Å². The Hall–Kier alpha value is -2.69. The summed E-state index contributed by atoms with van der Waals surface area (Å²) < 4.78 is 5.23. The molecule has 136 valence electrons. The zero-order valence-corrected chi connectivity index (χ0v) is 14.2. The lowest BCUT2D eigenvalue weighted by Crippen LogP contribution is -2.53. The van der Waals surface area contributed by atoms with Gasteiger partial charge in [0.25, 0.3) is 5.91 Å². The monoisotopic (exact) mass is 356 g/mol. The van der Waals surface area contributed by atoms with Crippen molar-refractivity contribution >= 4 is 17.7 Å². The number of amides is 3. The van der Waals surface area contributed by atoms with Gasteiger partial charge in [-0.1, -0.05) is 18.1 Å². The summed E-state index contributed by atoms with van der Waals surface area (Å²) in [7, 11) is 0. The van der Waals surface area contributed by atoms with Gasteiger partial charge < -0.3 is 9.84 Å². The van der Waals surface area contributed by atoms with Crippen LogP contribution in [0.25, 0.3) is 0 Å². The van der Waals surface area contributed by atoms with Crippen molar-refractivity contribution in [1.29, 1.82) is 0 Å². The minimum atomic E-state index is -1.19. The van der Waals surface area contributed by atoms with Gasteiger partial charge in [0.15, 0.2) is 6.23 Å². The summed E-state index contributed by atoms with van der Waals surface area (Å²) in [5.74, 6) is 1.09. The Morgan fingerprint density at radius 1 is 1.35 bits per heavy atom. The van der Waals surface area contributed by atoms with Crippen molar-refractivity contribution in [3.63, 3.8) is 0 Å². The van der Waals surface area contributed by atoms with E-state index in [-0.39, 0.29) is 25.4 Å². The highest BCUT2D eigenvalue weighted by Crippen LogP contribution is 2.35. The van der Waals surface area contributed by atoms with Gasteiger partial charge in [0.1, 0.15) is 12.6 Å². The van der Waals surface area contributed by atoms with Gasteiger partial charge in [0.05, 0.1) is 0 Å². The second-order valence-electron chi connectivity index (χ2n) is 6.33. The van der Waals surface area contributed by atoms with E-state index in [2.05, 4.69) is 11.2 Å². The van der Waals surface area contributed by atoms with Crippen LogP contribution < -0.4 is 5.32 Å². The van der Waals surface area contributed by atoms with Crippen LogP contribution in [0, 0.1) is 12.3 Å². The van der Waals surface area contributed by atoms with Gasteiger partial charge in [0.2, 0.25) is 11.8 Å². The standard InChI is InChI=1S/C19H20N2O5/c1-2-9-26-10-3-4-12-5-6-13-14(11-12)19(25)21(18(13)24)15-7-8-16(22)20-17(15)23/h1,5-6,11,15,18,24H,3-4,7-10H2,(H,20,22,23). The average molecular weight is 356 g/mol. The molecule has 3 amide bonds. The average Bonchev–Trinajstić information content (AvgIpc) is 2.86. The molecular formula is C19H20N2O5. The van der Waals surface area contributed by atoms with Crippen molar-refractivity contribution in [2.24, 2.45) is 0 Å². The van der Waals surface area contributed by atoms with E-state index >= 15 is 0 Å². The molecule has 2 unspecified atom stereocenters. The number of terminal acetylenes is 1. The van der Waals surface area contributed by atoms with Crippen molar-refractivity contribution in [2.75, 3.05) is 13.2 Å². The summed E-state index contributed by atoms with van der Waals surface area (Å²) in [6.07, 6.45) is 5.75. The fourth-order valence-corrected chi connectivity index (χ4v) is 3.34. The van der Waals surface area contributed by atoms with E-state index in [9.17, 15) is 19.5 Å². The van der Waals surface area contributed by atoms with Gasteiger partial charge in [-0.3, -0.25) is 24.6 Å². The Labute approximate surface area is 151 Å². The van der Waals surface area contributed by atoms with Gasteiger partial charge in [-0.25, -0.2) is 0 Å². The van der Waals surface area contributed by atoms with Gasteiger partial charge in [-0.2, -0.15) is 0 Å². The number of fused-ring (bicyclic) bond motifs is 1. The number of carbonyl (C=O) groups excluding carboxylic acids is 3. The minimum absolute atomic E-state index is 0.145. The van der Waals surface area contributed by atoms with Crippen LogP contribution >= 0.6 is 0 Å². The Kier molecular flexibility index (Phi) is 5.35. The van der Waals surface area contributed by atoms with Crippen LogP contribution in [0.4, 0.5) is 0 Å². The van der Waals surface area contributed by atoms with Crippen molar-refractivity contribution < 1.29 is 24.2 Å². The molecule has 0 aromatic heterocycles. The number of imide groups is 1. The highest BCUT2D eigenvalue weighted by atomic mass is 16.5. The maximum absolute atomic E-state index is 12.8. The summed E-state index contributed by atoms with van der Waals surface area (Å²) in [6.45, 7) is 0.802. The molecule has 1 fully saturated rings. The van der Waals surface area contributed by atoms with Crippen molar-refractivity contribution in [3.8, 4) is 12.3 Å². The van der Waals surface area contributed by atoms with E-state index in [4.69, 9.17) is 11.2 Å². The van der Waals surface area contributed by atoms with Crippen molar-refractivity contribution in [1.82, 2.24) is 10.2 Å². The molecule has 0 aliphatic carbocycles. The number of aliphatic hydroxyl groups is 1. The number of nitrogens with zero attached hydrogens (tertiary/aromatic N) is 1. The molecule has 2 aliphatic rings. The number of aliphatic hydroxyl groups excluding tert-OH is 1. The number of piperidine rings is 1. The number of carbonyl (C=O) groups is 3. The second kappa shape index (κ2) is 7.68. The van der Waals surface area contributed by atoms with E-state index in [1.54, 1.807) is 12.1 Å². The minimum Gasteiger partial charge on any atom is -0.369 e. The molecule has 1 aromatic carbocycles. The number of aryl methyl sites for hydroxylation is 1. The zero-order valence-electron chi connectivity index (χ0n) is 14.2. The van der Waals surface area contributed by atoms with Gasteiger partial charge in [0, 0.05) is 24.2 Å². The van der Waals surface area contributed by atoms with E-state index in [1.165, 1.54) is 0 Å². The Balaban J connectivity index is 1.71. The van der Waals surface area contributed by atoms with E-state index in [1.807, 2.05) is 6.07 Å². The largest absolute Gasteiger partial charge is 0.369 e. The predicted molar refractivity (Wildman–Crippen MR) is 91.7 cm³/mol. The number of hydrogen-bond acceptors (Lipinski definition) is 5. The zero-order chi connectivity index (χ0) is 18.7. The fourth-order valence-electron chi connectivity index (χ4n) is 3.34. The number of ether oxygens (including phenoxy) is 1. The SMILES string of the molecule is C#CCOCCCc1ccc2c(c1)C(=O)N(C1CCC(=O)NC1=O)C2O. The molecule has 7 nitrogen and oxygen atoms in total. The number of hydrogen-bond donors (Lipinski definition) is 2. The molecular weight excluding hydrogens is 336 g/mol. The first-order valence-corrected chi connectivity index (χ1v) is 8.51. The molecule has 0 saturated carbocycles. The van der Waals surface area contributed by atoms with Gasteiger partial charge >= 0.3 is 0 Å². The van der Waals surface area contributed by atoms with E-state index < -0.39 is 24.1 Å². The third-order valence-corrected chi connectivity index (χ3v) is 4.61. The molecule has 26 heavy (non-hydrogen) atoms. The maximum atomic E-state index is 12.8. The number of nitrogens with one attached hydrogen (secondary N) is 1. The van der Waals surface area contributed by atoms with Gasteiger partial charge in [-0.15, -0.1) is 6.42 Å². The van der Waals surface area contributed by atoms with Crippen molar-refractivity contribution in [3.05, 3.63) is 34.9 Å². The van der Waals surface area contributed by atoms with Crippen LogP contribution in [-0.2, 0) is 20.7 Å². The summed E-state index contributed by atoms with van der Waals surface area (Å²) in [4.78, 5) is 37.3. The lowest BCUT2D eigenvalue weighted by atomic mass is 10.0. The predicted octanol–water partition coefficient (Wildman–Crippen LogP) is 0.521.